The Kier molecular flexibility index (Phi) is 3.65. The number of rotatable bonds is 3. The van der Waals surface area contributed by atoms with Gasteiger partial charge in [0.2, 0.25) is 5.62 Å². The van der Waals surface area contributed by atoms with Crippen molar-refractivity contribution in [1.82, 2.24) is 9.55 Å². The molecular weight excluding hydrogens is 298 g/mol. The number of nitrogens with zero attached hydrogens (tertiary/aromatic N) is 3. The molecule has 0 unspecified atom stereocenters. The van der Waals surface area contributed by atoms with E-state index in [2.05, 4.69) is 4.98 Å². The number of hydrogen-bond acceptors (Lipinski definition) is 4. The third-order valence-corrected chi connectivity index (χ3v) is 3.73. The van der Waals surface area contributed by atoms with Crippen LogP contribution in [-0.4, -0.2) is 22.9 Å². The minimum absolute atomic E-state index is 0.0115. The molecular formula is C16H14ClN5. The largest absolute Gasteiger partial charge is 0.329 e. The summed E-state index contributed by atoms with van der Waals surface area (Å²) >= 11 is 6.07. The van der Waals surface area contributed by atoms with Crippen LogP contribution in [0.1, 0.15) is 0 Å². The van der Waals surface area contributed by atoms with Crippen LogP contribution in [0.4, 0.5) is 11.5 Å². The molecule has 5 nitrogen and oxygen atoms in total. The summed E-state index contributed by atoms with van der Waals surface area (Å²) in [7, 11) is 1.90. The fourth-order valence-electron chi connectivity index (χ4n) is 2.38. The van der Waals surface area contributed by atoms with Crippen molar-refractivity contribution in [3.63, 3.8) is 0 Å². The Bertz CT molecular complexity index is 902. The van der Waals surface area contributed by atoms with E-state index in [4.69, 9.17) is 22.4 Å². The fourth-order valence-corrected chi connectivity index (χ4v) is 2.55. The molecule has 2 aromatic carbocycles. The van der Waals surface area contributed by atoms with Crippen LogP contribution < -0.4 is 10.5 Å². The van der Waals surface area contributed by atoms with E-state index in [-0.39, 0.29) is 5.62 Å². The molecule has 0 fully saturated rings. The van der Waals surface area contributed by atoms with E-state index < -0.39 is 0 Å². The first-order valence-corrected chi connectivity index (χ1v) is 7.05. The summed E-state index contributed by atoms with van der Waals surface area (Å²) in [5.74, 6) is 0.654. The maximum atomic E-state index is 8.05. The van der Waals surface area contributed by atoms with Crippen LogP contribution in [0.2, 0.25) is 5.02 Å². The molecule has 0 saturated heterocycles. The number of aromatic nitrogens is 2. The predicted molar refractivity (Wildman–Crippen MR) is 89.3 cm³/mol. The van der Waals surface area contributed by atoms with E-state index in [0.29, 0.717) is 16.4 Å². The van der Waals surface area contributed by atoms with Crippen molar-refractivity contribution >= 4 is 40.3 Å². The molecule has 3 rings (SSSR count). The van der Waals surface area contributed by atoms with Crippen LogP contribution in [0.5, 0.6) is 0 Å². The lowest BCUT2D eigenvalue weighted by molar-refractivity contribution is 0.915. The Hall–Kier alpha value is -2.66. The van der Waals surface area contributed by atoms with E-state index in [0.717, 1.165) is 17.4 Å². The summed E-state index contributed by atoms with van der Waals surface area (Å²) in [4.78, 5) is 6.26. The van der Waals surface area contributed by atoms with Crippen molar-refractivity contribution < 1.29 is 0 Å². The minimum atomic E-state index is -0.0115. The Morgan fingerprint density at radius 3 is 2.59 bits per heavy atom. The van der Waals surface area contributed by atoms with Gasteiger partial charge >= 0.3 is 0 Å². The van der Waals surface area contributed by atoms with Crippen LogP contribution in [0.3, 0.4) is 0 Å². The van der Waals surface area contributed by atoms with Crippen molar-refractivity contribution in [1.29, 1.82) is 10.8 Å². The second-order valence-electron chi connectivity index (χ2n) is 4.81. The molecule has 0 radical (unpaired) electrons. The average molecular weight is 312 g/mol. The molecule has 0 amide bonds. The van der Waals surface area contributed by atoms with Gasteiger partial charge in [0.1, 0.15) is 5.82 Å². The number of anilines is 2. The van der Waals surface area contributed by atoms with Crippen LogP contribution in [0.15, 0.2) is 48.5 Å². The quantitative estimate of drug-likeness (QED) is 0.575. The van der Waals surface area contributed by atoms with Gasteiger partial charge in [0.25, 0.3) is 0 Å². The number of hydrogen-bond donors (Lipinski definition) is 2. The Labute approximate surface area is 132 Å². The highest BCUT2D eigenvalue weighted by molar-refractivity contribution is 6.31. The minimum Gasteiger partial charge on any atom is -0.329 e. The van der Waals surface area contributed by atoms with Crippen molar-refractivity contribution in [2.45, 2.75) is 0 Å². The fraction of sp³-hybridized carbons (Fsp3) is 0.0625. The van der Waals surface area contributed by atoms with Crippen LogP contribution in [0.25, 0.3) is 10.9 Å². The molecule has 0 aliphatic rings. The summed E-state index contributed by atoms with van der Waals surface area (Å²) in [5.41, 5.74) is 1.64. The zero-order valence-corrected chi connectivity index (χ0v) is 12.7. The number of para-hydroxylation sites is 1. The molecule has 0 atom stereocenters. The molecule has 0 spiro atoms. The number of fused-ring (bicyclic) bond motifs is 1. The Morgan fingerprint density at radius 2 is 1.91 bits per heavy atom. The average Bonchev–Trinajstić information content (AvgIpc) is 2.54. The first kappa shape index (κ1) is 14.3. The maximum Gasteiger partial charge on any atom is 0.229 e. The van der Waals surface area contributed by atoms with Crippen molar-refractivity contribution in [2.75, 3.05) is 11.9 Å². The standard InChI is InChI=1S/C16H14ClN5/c1-21(12-5-3-2-4-6-12)15-13-8-7-11(17)9-14(13)22(10-18)16(19)20-15/h2-10,18-19H,1H3. The molecule has 3 aromatic rings. The van der Waals surface area contributed by atoms with Gasteiger partial charge in [-0.05, 0) is 30.3 Å². The van der Waals surface area contributed by atoms with Gasteiger partial charge in [-0.25, -0.2) is 0 Å². The van der Waals surface area contributed by atoms with Gasteiger partial charge < -0.3 is 4.90 Å². The summed E-state index contributed by atoms with van der Waals surface area (Å²) in [6.07, 6.45) is 1.07. The monoisotopic (exact) mass is 311 g/mol. The Balaban J connectivity index is 2.31. The highest BCUT2D eigenvalue weighted by Crippen LogP contribution is 2.29. The third-order valence-electron chi connectivity index (χ3n) is 3.49. The zero-order chi connectivity index (χ0) is 15.7. The lowest BCUT2D eigenvalue weighted by Gasteiger charge is -2.21. The van der Waals surface area contributed by atoms with Crippen LogP contribution >= 0.6 is 11.6 Å². The molecule has 0 saturated carbocycles. The van der Waals surface area contributed by atoms with Gasteiger partial charge in [0.15, 0.2) is 0 Å². The summed E-state index contributed by atoms with van der Waals surface area (Å²) in [6.45, 7) is 0. The highest BCUT2D eigenvalue weighted by Gasteiger charge is 2.13. The van der Waals surface area contributed by atoms with E-state index >= 15 is 0 Å². The lowest BCUT2D eigenvalue weighted by atomic mass is 10.2. The van der Waals surface area contributed by atoms with Crippen LogP contribution in [-0.2, 0) is 0 Å². The molecule has 2 N–H and O–H groups in total. The van der Waals surface area contributed by atoms with Crippen molar-refractivity contribution in [3.05, 3.63) is 59.2 Å². The maximum absolute atomic E-state index is 8.05. The van der Waals surface area contributed by atoms with Gasteiger partial charge in [-0.2, -0.15) is 4.98 Å². The predicted octanol–water partition coefficient (Wildman–Crippen LogP) is 3.39. The van der Waals surface area contributed by atoms with E-state index in [1.807, 2.05) is 48.3 Å². The number of nitrogens with one attached hydrogen (secondary N) is 2. The highest BCUT2D eigenvalue weighted by atomic mass is 35.5. The van der Waals surface area contributed by atoms with E-state index in [1.165, 1.54) is 4.57 Å². The SMILES string of the molecule is CN(c1ccccc1)c1nc(=N)n(C=N)c2cc(Cl)ccc12. The molecule has 0 aliphatic carbocycles. The molecule has 1 aromatic heterocycles. The first-order chi connectivity index (χ1) is 10.6. The molecule has 110 valence electrons. The summed E-state index contributed by atoms with van der Waals surface area (Å²) in [6, 6.07) is 15.2. The lowest BCUT2D eigenvalue weighted by Crippen LogP contribution is -2.26. The van der Waals surface area contributed by atoms with Crippen molar-refractivity contribution in [3.8, 4) is 0 Å². The zero-order valence-electron chi connectivity index (χ0n) is 11.9. The smallest absolute Gasteiger partial charge is 0.229 e. The van der Waals surface area contributed by atoms with Gasteiger partial charge in [0.05, 0.1) is 11.9 Å². The second-order valence-corrected chi connectivity index (χ2v) is 5.25. The van der Waals surface area contributed by atoms with E-state index in [1.54, 1.807) is 12.1 Å². The van der Waals surface area contributed by atoms with Gasteiger partial charge in [-0.15, -0.1) is 0 Å². The number of benzene rings is 2. The van der Waals surface area contributed by atoms with Gasteiger partial charge in [-0.1, -0.05) is 29.8 Å². The third kappa shape index (κ3) is 2.35. The normalized spacial score (nSPS) is 10.6. The van der Waals surface area contributed by atoms with Crippen LogP contribution in [0, 0.1) is 10.8 Å². The molecule has 0 bridgehead atoms. The second kappa shape index (κ2) is 5.61. The van der Waals surface area contributed by atoms with E-state index in [9.17, 15) is 0 Å². The van der Waals surface area contributed by atoms with Gasteiger partial charge in [0, 0.05) is 23.1 Å². The molecule has 0 aliphatic heterocycles. The first-order valence-electron chi connectivity index (χ1n) is 6.67. The topological polar surface area (TPSA) is 68.8 Å². The summed E-state index contributed by atoms with van der Waals surface area (Å²) in [5, 5.41) is 16.9. The molecule has 6 heteroatoms. The Morgan fingerprint density at radius 1 is 1.18 bits per heavy atom. The number of halogens is 1. The molecule has 1 heterocycles. The summed E-state index contributed by atoms with van der Waals surface area (Å²) < 4.78 is 1.39. The van der Waals surface area contributed by atoms with Gasteiger partial charge in [-0.3, -0.25) is 15.4 Å². The van der Waals surface area contributed by atoms with Crippen molar-refractivity contribution in [2.24, 2.45) is 0 Å². The molecule has 22 heavy (non-hydrogen) atoms.